The lowest BCUT2D eigenvalue weighted by Gasteiger charge is -2.11. The molecule has 0 bridgehead atoms. The zero-order chi connectivity index (χ0) is 15.9. The van der Waals surface area contributed by atoms with Crippen molar-refractivity contribution in [2.45, 2.75) is 25.4 Å². The van der Waals surface area contributed by atoms with Crippen molar-refractivity contribution in [3.05, 3.63) is 64.7 Å². The van der Waals surface area contributed by atoms with Gasteiger partial charge in [0.2, 0.25) is 5.91 Å². The molecular weight excluding hydrogens is 291 g/mol. The van der Waals surface area contributed by atoms with Crippen molar-refractivity contribution < 1.29 is 18.0 Å². The van der Waals surface area contributed by atoms with Crippen LogP contribution in [0.2, 0.25) is 0 Å². The summed E-state index contributed by atoms with van der Waals surface area (Å²) in [6.45, 7) is 1.94. The van der Waals surface area contributed by atoms with Crippen molar-refractivity contribution >= 4 is 11.6 Å². The SMILES string of the molecule is Cc1ccc2c(c1)C(Cc1ccc(C(F)(F)F)cc1)C(=O)N2. The van der Waals surface area contributed by atoms with E-state index in [1.54, 1.807) is 0 Å². The van der Waals surface area contributed by atoms with E-state index in [0.29, 0.717) is 12.0 Å². The van der Waals surface area contributed by atoms with E-state index < -0.39 is 11.7 Å². The predicted molar refractivity (Wildman–Crippen MR) is 77.7 cm³/mol. The first-order valence-electron chi connectivity index (χ1n) is 6.92. The molecule has 1 atom stereocenters. The van der Waals surface area contributed by atoms with Gasteiger partial charge in [0, 0.05) is 5.69 Å². The number of aryl methyl sites for hydroxylation is 1. The third-order valence-electron chi connectivity index (χ3n) is 3.88. The van der Waals surface area contributed by atoms with Gasteiger partial charge in [0.1, 0.15) is 0 Å². The second kappa shape index (κ2) is 5.16. The van der Waals surface area contributed by atoms with Gasteiger partial charge in [-0.15, -0.1) is 0 Å². The smallest absolute Gasteiger partial charge is 0.325 e. The van der Waals surface area contributed by atoms with Gasteiger partial charge < -0.3 is 5.32 Å². The highest BCUT2D eigenvalue weighted by molar-refractivity contribution is 6.03. The van der Waals surface area contributed by atoms with Crippen LogP contribution < -0.4 is 5.32 Å². The average molecular weight is 305 g/mol. The standard InChI is InChI=1S/C17H14F3NO/c1-10-2-7-15-13(8-10)14(16(22)21-15)9-11-3-5-12(6-4-11)17(18,19)20/h2-8,14H,9H2,1H3,(H,21,22). The summed E-state index contributed by atoms with van der Waals surface area (Å²) < 4.78 is 37.7. The molecule has 1 N–H and O–H groups in total. The minimum absolute atomic E-state index is 0.111. The summed E-state index contributed by atoms with van der Waals surface area (Å²) in [7, 11) is 0. The first-order valence-corrected chi connectivity index (χ1v) is 6.92. The van der Waals surface area contributed by atoms with Gasteiger partial charge in [-0.3, -0.25) is 4.79 Å². The van der Waals surface area contributed by atoms with E-state index in [9.17, 15) is 18.0 Å². The Balaban J connectivity index is 1.85. The van der Waals surface area contributed by atoms with Crippen molar-refractivity contribution in [3.8, 4) is 0 Å². The zero-order valence-electron chi connectivity index (χ0n) is 11.9. The van der Waals surface area contributed by atoms with Crippen LogP contribution in [0.1, 0.15) is 28.2 Å². The third kappa shape index (κ3) is 2.71. The van der Waals surface area contributed by atoms with E-state index in [1.165, 1.54) is 12.1 Å². The topological polar surface area (TPSA) is 29.1 Å². The second-order valence-corrected chi connectivity index (χ2v) is 5.53. The molecule has 0 aromatic heterocycles. The van der Waals surface area contributed by atoms with Gasteiger partial charge >= 0.3 is 6.18 Å². The molecule has 22 heavy (non-hydrogen) atoms. The van der Waals surface area contributed by atoms with E-state index >= 15 is 0 Å². The molecule has 114 valence electrons. The van der Waals surface area contributed by atoms with E-state index in [1.807, 2.05) is 25.1 Å². The summed E-state index contributed by atoms with van der Waals surface area (Å²) in [6.07, 6.45) is -3.95. The van der Waals surface area contributed by atoms with Crippen molar-refractivity contribution in [3.63, 3.8) is 0 Å². The largest absolute Gasteiger partial charge is 0.416 e. The Morgan fingerprint density at radius 1 is 1.09 bits per heavy atom. The third-order valence-corrected chi connectivity index (χ3v) is 3.88. The van der Waals surface area contributed by atoms with Crippen LogP contribution in [0.5, 0.6) is 0 Å². The van der Waals surface area contributed by atoms with E-state index in [-0.39, 0.29) is 11.8 Å². The minimum Gasteiger partial charge on any atom is -0.325 e. The molecule has 1 aliphatic rings. The molecule has 0 spiro atoms. The summed E-state index contributed by atoms with van der Waals surface area (Å²) in [5.74, 6) is -0.466. The molecule has 0 fully saturated rings. The summed E-state index contributed by atoms with van der Waals surface area (Å²) >= 11 is 0. The highest BCUT2D eigenvalue weighted by Crippen LogP contribution is 2.36. The number of alkyl halides is 3. The van der Waals surface area contributed by atoms with Gasteiger partial charge in [-0.25, -0.2) is 0 Å². The van der Waals surface area contributed by atoms with Gasteiger partial charge in [0.05, 0.1) is 11.5 Å². The van der Waals surface area contributed by atoms with Crippen LogP contribution in [-0.2, 0) is 17.4 Å². The van der Waals surface area contributed by atoms with Crippen LogP contribution >= 0.6 is 0 Å². The quantitative estimate of drug-likeness (QED) is 0.881. The van der Waals surface area contributed by atoms with Gasteiger partial charge in [-0.1, -0.05) is 29.8 Å². The molecule has 0 aliphatic carbocycles. The number of anilines is 1. The molecule has 2 aromatic rings. The number of nitrogens with one attached hydrogen (secondary N) is 1. The van der Waals surface area contributed by atoms with Crippen molar-refractivity contribution in [1.82, 2.24) is 0 Å². The number of halogens is 3. The molecule has 2 nitrogen and oxygen atoms in total. The van der Waals surface area contributed by atoms with Crippen LogP contribution in [-0.4, -0.2) is 5.91 Å². The highest BCUT2D eigenvalue weighted by atomic mass is 19.4. The number of amides is 1. The van der Waals surface area contributed by atoms with Crippen molar-refractivity contribution in [2.24, 2.45) is 0 Å². The maximum absolute atomic E-state index is 12.6. The lowest BCUT2D eigenvalue weighted by atomic mass is 9.92. The van der Waals surface area contributed by atoms with Gasteiger partial charge in [0.25, 0.3) is 0 Å². The lowest BCUT2D eigenvalue weighted by molar-refractivity contribution is -0.137. The first kappa shape index (κ1) is 14.6. The Kier molecular flexibility index (Phi) is 3.43. The normalized spacial score (nSPS) is 17.3. The molecule has 2 aromatic carbocycles. The second-order valence-electron chi connectivity index (χ2n) is 5.53. The number of carbonyl (C=O) groups is 1. The number of benzene rings is 2. The van der Waals surface area contributed by atoms with Crippen LogP contribution in [0.15, 0.2) is 42.5 Å². The van der Waals surface area contributed by atoms with E-state index in [4.69, 9.17) is 0 Å². The van der Waals surface area contributed by atoms with Crippen LogP contribution in [0, 0.1) is 6.92 Å². The Morgan fingerprint density at radius 2 is 1.77 bits per heavy atom. The maximum Gasteiger partial charge on any atom is 0.416 e. The fourth-order valence-corrected chi connectivity index (χ4v) is 2.71. The monoisotopic (exact) mass is 305 g/mol. The molecule has 0 radical (unpaired) electrons. The first-order chi connectivity index (χ1) is 10.3. The Bertz CT molecular complexity index is 720. The Labute approximate surface area is 126 Å². The van der Waals surface area contributed by atoms with Crippen molar-refractivity contribution in [2.75, 3.05) is 5.32 Å². The molecule has 1 heterocycles. The zero-order valence-corrected chi connectivity index (χ0v) is 11.9. The Hall–Kier alpha value is -2.30. The van der Waals surface area contributed by atoms with E-state index in [2.05, 4.69) is 5.32 Å². The van der Waals surface area contributed by atoms with Crippen molar-refractivity contribution in [1.29, 1.82) is 0 Å². The van der Waals surface area contributed by atoms with Gasteiger partial charge in [-0.2, -0.15) is 13.2 Å². The van der Waals surface area contributed by atoms with Crippen LogP contribution in [0.3, 0.4) is 0 Å². The number of rotatable bonds is 2. The summed E-state index contributed by atoms with van der Waals surface area (Å²) in [6, 6.07) is 10.7. The molecule has 0 saturated heterocycles. The molecule has 0 saturated carbocycles. The minimum atomic E-state index is -4.34. The fourth-order valence-electron chi connectivity index (χ4n) is 2.71. The molecule has 5 heteroatoms. The summed E-state index contributed by atoms with van der Waals surface area (Å²) in [5, 5.41) is 2.81. The summed E-state index contributed by atoms with van der Waals surface area (Å²) in [5.41, 5.74) is 2.77. The average Bonchev–Trinajstić information content (AvgIpc) is 2.75. The molecule has 1 amide bonds. The Morgan fingerprint density at radius 3 is 2.41 bits per heavy atom. The van der Waals surface area contributed by atoms with Gasteiger partial charge in [-0.05, 0) is 42.7 Å². The number of carbonyl (C=O) groups excluding carboxylic acids is 1. The maximum atomic E-state index is 12.6. The predicted octanol–water partition coefficient (Wildman–Crippen LogP) is 4.29. The fraction of sp³-hybridized carbons (Fsp3) is 0.235. The van der Waals surface area contributed by atoms with Gasteiger partial charge in [0.15, 0.2) is 0 Å². The molecule has 3 rings (SSSR count). The molecule has 1 aliphatic heterocycles. The molecular formula is C17H14F3NO. The number of fused-ring (bicyclic) bond motifs is 1. The lowest BCUT2D eigenvalue weighted by Crippen LogP contribution is -2.14. The highest BCUT2D eigenvalue weighted by Gasteiger charge is 2.32. The number of hydrogen-bond acceptors (Lipinski definition) is 1. The molecule has 1 unspecified atom stereocenters. The number of hydrogen-bond donors (Lipinski definition) is 1. The summed E-state index contributed by atoms with van der Waals surface area (Å²) in [4.78, 5) is 12.1. The van der Waals surface area contributed by atoms with E-state index in [0.717, 1.165) is 28.9 Å². The van der Waals surface area contributed by atoms with Crippen LogP contribution in [0.4, 0.5) is 18.9 Å². The van der Waals surface area contributed by atoms with Crippen LogP contribution in [0.25, 0.3) is 0 Å².